The van der Waals surface area contributed by atoms with Gasteiger partial charge in [-0.25, -0.2) is 4.68 Å². The molecule has 2 heterocycles. The minimum Gasteiger partial charge on any atom is -0.375 e. The monoisotopic (exact) mass is 350 g/mol. The third-order valence-corrected chi connectivity index (χ3v) is 4.10. The van der Waals surface area contributed by atoms with Crippen molar-refractivity contribution in [2.75, 3.05) is 13.2 Å². The molecule has 0 radical (unpaired) electrons. The quantitative estimate of drug-likeness (QED) is 0.883. The van der Waals surface area contributed by atoms with Crippen molar-refractivity contribution in [2.24, 2.45) is 0 Å². The van der Waals surface area contributed by atoms with Crippen LogP contribution in [0.3, 0.4) is 0 Å². The zero-order valence-electron chi connectivity index (χ0n) is 13.8. The first-order valence-corrected chi connectivity index (χ1v) is 7.90. The van der Waals surface area contributed by atoms with E-state index in [4.69, 9.17) is 4.74 Å². The highest BCUT2D eigenvalue weighted by molar-refractivity contribution is 5.85. The zero-order chi connectivity index (χ0) is 16.2. The van der Waals surface area contributed by atoms with Crippen molar-refractivity contribution in [3.63, 3.8) is 0 Å². The van der Waals surface area contributed by atoms with Crippen LogP contribution in [0.5, 0.6) is 0 Å². The highest BCUT2D eigenvalue weighted by Crippen LogP contribution is 2.17. The second kappa shape index (κ2) is 8.28. The molecule has 1 aromatic carbocycles. The fourth-order valence-corrected chi connectivity index (χ4v) is 2.77. The number of amides is 1. The van der Waals surface area contributed by atoms with E-state index in [0.717, 1.165) is 11.3 Å². The molecule has 0 spiro atoms. The zero-order valence-corrected chi connectivity index (χ0v) is 14.6. The predicted molar refractivity (Wildman–Crippen MR) is 94.6 cm³/mol. The van der Waals surface area contributed by atoms with Gasteiger partial charge in [0.25, 0.3) is 0 Å². The molecule has 1 aliphatic rings. The number of morpholine rings is 1. The minimum absolute atomic E-state index is 0. The lowest BCUT2D eigenvalue weighted by atomic mass is 10.1. The molecule has 1 aromatic heterocycles. The van der Waals surface area contributed by atoms with Gasteiger partial charge in [-0.05, 0) is 37.6 Å². The number of hydrogen-bond acceptors (Lipinski definition) is 4. The summed E-state index contributed by atoms with van der Waals surface area (Å²) in [6, 6.07) is 9.49. The number of nitrogens with one attached hydrogen (secondary N) is 2. The Morgan fingerprint density at radius 2 is 2.29 bits per heavy atom. The van der Waals surface area contributed by atoms with E-state index in [2.05, 4.69) is 15.7 Å². The molecule has 1 saturated heterocycles. The number of ether oxygens (including phenoxy) is 1. The van der Waals surface area contributed by atoms with Gasteiger partial charge >= 0.3 is 0 Å². The van der Waals surface area contributed by atoms with Gasteiger partial charge in [-0.3, -0.25) is 4.79 Å². The van der Waals surface area contributed by atoms with Gasteiger partial charge in [-0.2, -0.15) is 5.10 Å². The molecular formula is C17H23ClN4O2. The summed E-state index contributed by atoms with van der Waals surface area (Å²) >= 11 is 0. The van der Waals surface area contributed by atoms with E-state index in [0.29, 0.717) is 13.2 Å². The van der Waals surface area contributed by atoms with Crippen molar-refractivity contribution < 1.29 is 9.53 Å². The van der Waals surface area contributed by atoms with Gasteiger partial charge in [0.2, 0.25) is 5.91 Å². The predicted octanol–water partition coefficient (Wildman–Crippen LogP) is 1.85. The number of hydrogen-bond donors (Lipinski definition) is 2. The minimum atomic E-state index is -0.305. The van der Waals surface area contributed by atoms with Crippen LogP contribution in [0.25, 0.3) is 5.69 Å². The van der Waals surface area contributed by atoms with Crippen LogP contribution in [-0.2, 0) is 9.53 Å². The Labute approximate surface area is 148 Å². The largest absolute Gasteiger partial charge is 0.375 e. The summed E-state index contributed by atoms with van der Waals surface area (Å²) < 4.78 is 7.33. The molecule has 0 saturated carbocycles. The van der Waals surface area contributed by atoms with Gasteiger partial charge in [-0.15, -0.1) is 12.4 Å². The highest BCUT2D eigenvalue weighted by Gasteiger charge is 2.29. The maximum atomic E-state index is 12.4. The molecule has 3 atom stereocenters. The maximum Gasteiger partial charge on any atom is 0.240 e. The molecule has 0 aliphatic carbocycles. The number of rotatable bonds is 4. The van der Waals surface area contributed by atoms with Crippen LogP contribution < -0.4 is 10.6 Å². The molecule has 1 fully saturated rings. The molecule has 7 heteroatoms. The van der Waals surface area contributed by atoms with Crippen molar-refractivity contribution in [2.45, 2.75) is 32.0 Å². The molecular weight excluding hydrogens is 328 g/mol. The van der Waals surface area contributed by atoms with Crippen LogP contribution in [0.1, 0.15) is 25.5 Å². The van der Waals surface area contributed by atoms with E-state index in [-0.39, 0.29) is 36.5 Å². The third-order valence-electron chi connectivity index (χ3n) is 4.10. The van der Waals surface area contributed by atoms with Crippen molar-refractivity contribution in [1.82, 2.24) is 20.4 Å². The normalized spacial score (nSPS) is 21.6. The smallest absolute Gasteiger partial charge is 0.240 e. The average Bonchev–Trinajstić information content (AvgIpc) is 3.10. The number of carbonyl (C=O) groups is 1. The standard InChI is InChI=1S/C17H22N4O2.ClH/c1-12(20-17(22)16-13(2)23-10-8-18-16)14-5-3-6-15(11-14)21-9-4-7-19-21;/h3-7,9,11-13,16,18H,8,10H2,1-2H3,(H,20,22);1H/t12?,13-,16+;/m1./s1. The Balaban J connectivity index is 0.00000208. The van der Waals surface area contributed by atoms with Crippen LogP contribution in [0.15, 0.2) is 42.7 Å². The lowest BCUT2D eigenvalue weighted by Gasteiger charge is -2.30. The van der Waals surface area contributed by atoms with Gasteiger partial charge in [-0.1, -0.05) is 12.1 Å². The van der Waals surface area contributed by atoms with E-state index in [1.54, 1.807) is 10.9 Å². The Morgan fingerprint density at radius 1 is 1.46 bits per heavy atom. The number of carbonyl (C=O) groups excluding carboxylic acids is 1. The summed E-state index contributed by atoms with van der Waals surface area (Å²) in [6.45, 7) is 5.24. The molecule has 2 aromatic rings. The third kappa shape index (κ3) is 4.14. The number of halogens is 1. The molecule has 24 heavy (non-hydrogen) atoms. The fraction of sp³-hybridized carbons (Fsp3) is 0.412. The lowest BCUT2D eigenvalue weighted by Crippen LogP contribution is -2.55. The molecule has 1 amide bonds. The molecule has 3 rings (SSSR count). The Bertz CT molecular complexity index is 662. The van der Waals surface area contributed by atoms with Crippen LogP contribution >= 0.6 is 12.4 Å². The van der Waals surface area contributed by atoms with Gasteiger partial charge < -0.3 is 15.4 Å². The van der Waals surface area contributed by atoms with E-state index < -0.39 is 0 Å². The van der Waals surface area contributed by atoms with E-state index in [1.165, 1.54) is 0 Å². The molecule has 1 aliphatic heterocycles. The van der Waals surface area contributed by atoms with Crippen LogP contribution in [0.4, 0.5) is 0 Å². The Morgan fingerprint density at radius 3 is 3.00 bits per heavy atom. The fourth-order valence-electron chi connectivity index (χ4n) is 2.77. The number of nitrogens with zero attached hydrogens (tertiary/aromatic N) is 2. The SMILES string of the molecule is CC(NC(=O)[C@H]1NCCO[C@@H]1C)c1cccc(-n2cccn2)c1.Cl. The first-order chi connectivity index (χ1) is 11.1. The van der Waals surface area contributed by atoms with Crippen LogP contribution in [0.2, 0.25) is 0 Å². The summed E-state index contributed by atoms with van der Waals surface area (Å²) in [4.78, 5) is 12.4. The first-order valence-electron chi connectivity index (χ1n) is 7.90. The van der Waals surface area contributed by atoms with E-state index in [1.807, 2.05) is 50.4 Å². The Hall–Kier alpha value is -1.89. The summed E-state index contributed by atoms with van der Waals surface area (Å²) in [6.07, 6.45) is 3.52. The average molecular weight is 351 g/mol. The van der Waals surface area contributed by atoms with Crippen molar-refractivity contribution in [3.8, 4) is 5.69 Å². The summed E-state index contributed by atoms with van der Waals surface area (Å²) in [7, 11) is 0. The number of aromatic nitrogens is 2. The topological polar surface area (TPSA) is 68.2 Å². The Kier molecular flexibility index (Phi) is 6.36. The first kappa shape index (κ1) is 18.4. The molecule has 2 N–H and O–H groups in total. The molecule has 0 bridgehead atoms. The highest BCUT2D eigenvalue weighted by atomic mass is 35.5. The van der Waals surface area contributed by atoms with Crippen LogP contribution in [0, 0.1) is 0 Å². The molecule has 1 unspecified atom stereocenters. The summed E-state index contributed by atoms with van der Waals surface area (Å²) in [5.74, 6) is -0.0332. The summed E-state index contributed by atoms with van der Waals surface area (Å²) in [5.41, 5.74) is 2.01. The second-order valence-electron chi connectivity index (χ2n) is 5.78. The van der Waals surface area contributed by atoms with Crippen molar-refractivity contribution >= 4 is 18.3 Å². The van der Waals surface area contributed by atoms with E-state index in [9.17, 15) is 4.79 Å². The second-order valence-corrected chi connectivity index (χ2v) is 5.78. The van der Waals surface area contributed by atoms with Crippen molar-refractivity contribution in [3.05, 3.63) is 48.3 Å². The maximum absolute atomic E-state index is 12.4. The van der Waals surface area contributed by atoms with Gasteiger partial charge in [0.1, 0.15) is 6.04 Å². The summed E-state index contributed by atoms with van der Waals surface area (Å²) in [5, 5.41) is 10.5. The number of benzene rings is 1. The van der Waals surface area contributed by atoms with E-state index >= 15 is 0 Å². The van der Waals surface area contributed by atoms with Crippen LogP contribution in [-0.4, -0.2) is 41.0 Å². The van der Waals surface area contributed by atoms with Gasteiger partial charge in [0, 0.05) is 18.9 Å². The van der Waals surface area contributed by atoms with Gasteiger partial charge in [0.05, 0.1) is 24.4 Å². The van der Waals surface area contributed by atoms with Gasteiger partial charge in [0.15, 0.2) is 0 Å². The van der Waals surface area contributed by atoms with Crippen molar-refractivity contribution in [1.29, 1.82) is 0 Å². The lowest BCUT2D eigenvalue weighted by molar-refractivity contribution is -0.129. The molecule has 6 nitrogen and oxygen atoms in total. The molecule has 130 valence electrons.